The zero-order valence-electron chi connectivity index (χ0n) is 8.89. The summed E-state index contributed by atoms with van der Waals surface area (Å²) < 4.78 is 11.5. The summed E-state index contributed by atoms with van der Waals surface area (Å²) in [5, 5.41) is 2.86. The van der Waals surface area contributed by atoms with Crippen molar-refractivity contribution >= 4 is 70.1 Å². The molecule has 0 atom stereocenters. The highest BCUT2D eigenvalue weighted by molar-refractivity contribution is 8.04. The number of nitrogens with one attached hydrogen (secondary N) is 1. The molecule has 100 valence electrons. The second-order valence-electron chi connectivity index (χ2n) is 2.98. The van der Waals surface area contributed by atoms with E-state index in [1.54, 1.807) is 0 Å². The van der Waals surface area contributed by atoms with Crippen LogP contribution in [0.4, 0.5) is 14.9 Å². The second-order valence-corrected chi connectivity index (χ2v) is 6.59. The molecule has 9 heteroatoms. The van der Waals surface area contributed by atoms with Gasteiger partial charge in [-0.2, -0.15) is 4.39 Å². The van der Waals surface area contributed by atoms with Crippen LogP contribution in [-0.2, 0) is 0 Å². The summed E-state index contributed by atoms with van der Waals surface area (Å²) in [4.78, 5) is 11.6. The van der Waals surface area contributed by atoms with Gasteiger partial charge in [0.05, 0.1) is 15.7 Å². The van der Waals surface area contributed by atoms with E-state index in [0.717, 1.165) is 4.31 Å². The molecule has 1 N–H and O–H groups in total. The van der Waals surface area contributed by atoms with Crippen LogP contribution < -0.4 is 9.62 Å². The van der Waals surface area contributed by atoms with Gasteiger partial charge in [-0.05, 0) is 18.2 Å². The van der Waals surface area contributed by atoms with Crippen molar-refractivity contribution in [1.82, 2.24) is 5.32 Å². The van der Waals surface area contributed by atoms with Gasteiger partial charge in [0.15, 0.2) is 0 Å². The van der Waals surface area contributed by atoms with E-state index in [2.05, 4.69) is 5.32 Å². The number of carbonyl (C=O) groups is 1. The minimum absolute atomic E-state index is 0.220. The van der Waals surface area contributed by atoms with Crippen LogP contribution in [0.1, 0.15) is 0 Å². The van der Waals surface area contributed by atoms with Crippen LogP contribution in [0.15, 0.2) is 18.2 Å². The number of amides is 2. The van der Waals surface area contributed by atoms with Crippen molar-refractivity contribution in [3.8, 4) is 0 Å². The summed E-state index contributed by atoms with van der Waals surface area (Å²) in [7, 11) is 1.38. The van der Waals surface area contributed by atoms with Gasteiger partial charge in [0.1, 0.15) is 0 Å². The number of nitrogens with zero attached hydrogens (tertiary/aromatic N) is 1. The summed E-state index contributed by atoms with van der Waals surface area (Å²) in [6, 6.07) is 3.74. The van der Waals surface area contributed by atoms with Crippen molar-refractivity contribution in [2.45, 2.75) is 3.92 Å². The van der Waals surface area contributed by atoms with Crippen molar-refractivity contribution in [3.63, 3.8) is 0 Å². The Morgan fingerprint density at radius 2 is 2.00 bits per heavy atom. The van der Waals surface area contributed by atoms with Crippen molar-refractivity contribution < 1.29 is 9.18 Å². The van der Waals surface area contributed by atoms with E-state index in [-0.39, 0.29) is 22.7 Å². The molecule has 0 bridgehead atoms. The van der Waals surface area contributed by atoms with Gasteiger partial charge in [-0.1, -0.05) is 46.4 Å². The quantitative estimate of drug-likeness (QED) is 0.623. The molecule has 2 amide bonds. The predicted octanol–water partition coefficient (Wildman–Crippen LogP) is 4.85. The van der Waals surface area contributed by atoms with Crippen LogP contribution in [0.25, 0.3) is 0 Å². The van der Waals surface area contributed by atoms with E-state index in [1.165, 1.54) is 25.2 Å². The van der Waals surface area contributed by atoms with Crippen LogP contribution in [0.2, 0.25) is 10.0 Å². The average molecular weight is 352 g/mol. The van der Waals surface area contributed by atoms with E-state index in [4.69, 9.17) is 46.4 Å². The van der Waals surface area contributed by atoms with Crippen LogP contribution >= 0.6 is 58.4 Å². The van der Waals surface area contributed by atoms with Crippen molar-refractivity contribution in [3.05, 3.63) is 28.2 Å². The fourth-order valence-corrected chi connectivity index (χ4v) is 2.33. The van der Waals surface area contributed by atoms with Gasteiger partial charge >= 0.3 is 9.95 Å². The molecular formula is C9H7Cl4FN2OS. The summed E-state index contributed by atoms with van der Waals surface area (Å²) >= 11 is 22.3. The lowest BCUT2D eigenvalue weighted by Gasteiger charge is -2.23. The third kappa shape index (κ3) is 4.55. The van der Waals surface area contributed by atoms with Crippen molar-refractivity contribution in [1.29, 1.82) is 0 Å². The molecule has 3 nitrogen and oxygen atoms in total. The highest BCUT2D eigenvalue weighted by atomic mass is 35.5. The lowest BCUT2D eigenvalue weighted by Crippen LogP contribution is -2.34. The third-order valence-electron chi connectivity index (χ3n) is 1.73. The molecule has 1 aromatic rings. The maximum Gasteiger partial charge on any atom is 0.332 e. The molecule has 0 aromatic heterocycles. The van der Waals surface area contributed by atoms with Crippen molar-refractivity contribution in [2.75, 3.05) is 11.4 Å². The first-order valence-electron chi connectivity index (χ1n) is 4.47. The summed E-state index contributed by atoms with van der Waals surface area (Å²) in [6.45, 7) is 0. The first-order chi connectivity index (χ1) is 8.24. The van der Waals surface area contributed by atoms with Crippen LogP contribution in [-0.4, -0.2) is 17.0 Å². The summed E-state index contributed by atoms with van der Waals surface area (Å²) in [6.07, 6.45) is 0. The Bertz CT molecular complexity index is 455. The maximum absolute atomic E-state index is 13.2. The summed E-state index contributed by atoms with van der Waals surface area (Å²) in [5.74, 6) is 0. The predicted molar refractivity (Wildman–Crippen MR) is 76.5 cm³/mol. The Labute approximate surface area is 128 Å². The van der Waals surface area contributed by atoms with E-state index in [1.807, 2.05) is 0 Å². The van der Waals surface area contributed by atoms with Gasteiger partial charge < -0.3 is 5.32 Å². The summed E-state index contributed by atoms with van der Waals surface area (Å²) in [5.41, 5.74) is 0.289. The van der Waals surface area contributed by atoms with Gasteiger partial charge in [-0.15, -0.1) is 0 Å². The third-order valence-corrected chi connectivity index (χ3v) is 3.65. The highest BCUT2D eigenvalue weighted by Crippen LogP contribution is 2.41. The van der Waals surface area contributed by atoms with Crippen molar-refractivity contribution in [2.24, 2.45) is 0 Å². The second kappa shape index (κ2) is 6.39. The number of hydrogen-bond acceptors (Lipinski definition) is 2. The molecule has 0 aliphatic heterocycles. The van der Waals surface area contributed by atoms with Gasteiger partial charge in [-0.25, -0.2) is 9.10 Å². The fraction of sp³-hybridized carbons (Fsp3) is 0.222. The lowest BCUT2D eigenvalue weighted by molar-refractivity contribution is 0.251. The van der Waals surface area contributed by atoms with Crippen LogP contribution in [0.5, 0.6) is 0 Å². The molecular weight excluding hydrogens is 345 g/mol. The molecule has 0 fully saturated rings. The molecule has 0 saturated carbocycles. The fourth-order valence-electron chi connectivity index (χ4n) is 1.03. The Morgan fingerprint density at radius 1 is 1.39 bits per heavy atom. The molecule has 18 heavy (non-hydrogen) atoms. The van der Waals surface area contributed by atoms with E-state index in [9.17, 15) is 9.18 Å². The number of urea groups is 1. The molecule has 0 spiro atoms. The molecule has 0 saturated heterocycles. The number of alkyl halides is 3. The smallest absolute Gasteiger partial charge is 0.332 e. The largest absolute Gasteiger partial charge is 0.340 e. The Kier molecular flexibility index (Phi) is 5.67. The zero-order chi connectivity index (χ0) is 13.9. The number of hydrogen-bond donors (Lipinski definition) is 1. The zero-order valence-corrected chi connectivity index (χ0v) is 12.7. The Balaban J connectivity index is 3.09. The molecule has 1 aromatic carbocycles. The van der Waals surface area contributed by atoms with Gasteiger partial charge in [0, 0.05) is 19.0 Å². The molecule has 0 heterocycles. The van der Waals surface area contributed by atoms with E-state index in [0.29, 0.717) is 5.02 Å². The normalized spacial score (nSPS) is 11.2. The van der Waals surface area contributed by atoms with E-state index < -0.39 is 9.95 Å². The molecule has 0 aliphatic carbocycles. The minimum atomic E-state index is -2.65. The standard InChI is InChI=1S/C9H7Cl4FN2OS/c1-15-8(17)16(18-9(12,13)14)5-2-3-6(10)7(11)4-5/h2-4H,1H3,(H,15,17). The first kappa shape index (κ1) is 16.0. The van der Waals surface area contributed by atoms with Crippen LogP contribution in [0.3, 0.4) is 0 Å². The molecule has 0 aliphatic rings. The number of halogens is 5. The van der Waals surface area contributed by atoms with Gasteiger partial charge in [0.25, 0.3) is 0 Å². The minimum Gasteiger partial charge on any atom is -0.340 e. The maximum atomic E-state index is 13.2. The average Bonchev–Trinajstić information content (AvgIpc) is 2.27. The Morgan fingerprint density at radius 3 is 2.44 bits per heavy atom. The molecule has 1 rings (SSSR count). The van der Waals surface area contributed by atoms with Gasteiger partial charge in [0.2, 0.25) is 0 Å². The molecule has 0 unspecified atom stereocenters. The molecule has 0 radical (unpaired) electrons. The number of rotatable bonds is 3. The highest BCUT2D eigenvalue weighted by Gasteiger charge is 2.31. The monoisotopic (exact) mass is 350 g/mol. The lowest BCUT2D eigenvalue weighted by atomic mass is 10.3. The Hall–Kier alpha value is -0.0700. The number of anilines is 1. The number of carbonyl (C=O) groups excluding carboxylic acids is 1. The first-order valence-corrected chi connectivity index (χ1v) is 6.76. The number of benzene rings is 1. The van der Waals surface area contributed by atoms with Gasteiger partial charge in [-0.3, -0.25) is 0 Å². The van der Waals surface area contributed by atoms with E-state index >= 15 is 0 Å². The topological polar surface area (TPSA) is 32.3 Å². The SMILES string of the molecule is CNC(=O)N(SC(F)(Cl)Cl)c1ccc(Cl)c(Cl)c1. The van der Waals surface area contributed by atoms with Crippen LogP contribution in [0, 0.1) is 0 Å².